The zero-order valence-corrected chi connectivity index (χ0v) is 18.9. The zero-order chi connectivity index (χ0) is 17.4. The summed E-state index contributed by atoms with van der Waals surface area (Å²) in [7, 11) is 1.83. The maximum atomic E-state index is 5.69. The van der Waals surface area contributed by atoms with Crippen LogP contribution in [0, 0.1) is 19.8 Å². The standard InChI is InChI=1S/C17H31N5OS.HI/c1-13-14(2)23-16(21-13)12-22-8-5-15(6-9-22)11-20-17(18-3)19-7-10-24-4;/h15H,5-12H2,1-4H3,(H2,18,19,20);1H. The molecule has 1 aromatic heterocycles. The van der Waals surface area contributed by atoms with Crippen LogP contribution in [0.1, 0.15) is 30.2 Å². The first kappa shape index (κ1) is 22.6. The minimum atomic E-state index is 0. The average Bonchev–Trinajstić information content (AvgIpc) is 2.90. The van der Waals surface area contributed by atoms with Crippen molar-refractivity contribution >= 4 is 41.7 Å². The van der Waals surface area contributed by atoms with Gasteiger partial charge in [-0.2, -0.15) is 11.8 Å². The molecular formula is C17H32IN5OS. The van der Waals surface area contributed by atoms with E-state index in [0.29, 0.717) is 5.92 Å². The zero-order valence-electron chi connectivity index (χ0n) is 15.8. The van der Waals surface area contributed by atoms with Crippen LogP contribution >= 0.6 is 35.7 Å². The highest BCUT2D eigenvalue weighted by Gasteiger charge is 2.21. The first-order valence-corrected chi connectivity index (χ1v) is 10.1. The van der Waals surface area contributed by atoms with Crippen LogP contribution in [0.15, 0.2) is 9.41 Å². The monoisotopic (exact) mass is 481 g/mol. The molecule has 0 unspecified atom stereocenters. The molecule has 0 aromatic carbocycles. The fourth-order valence-corrected chi connectivity index (χ4v) is 3.19. The number of guanidine groups is 1. The van der Waals surface area contributed by atoms with Crippen LogP contribution in [-0.4, -0.2) is 61.1 Å². The summed E-state index contributed by atoms with van der Waals surface area (Å²) in [6, 6.07) is 0. The summed E-state index contributed by atoms with van der Waals surface area (Å²) in [6.45, 7) is 8.95. The molecule has 1 aliphatic heterocycles. The second kappa shape index (κ2) is 12.0. The number of piperidine rings is 1. The predicted molar refractivity (Wildman–Crippen MR) is 117 cm³/mol. The Hall–Kier alpha value is -0.480. The third-order valence-corrected chi connectivity index (χ3v) is 5.13. The first-order chi connectivity index (χ1) is 11.6. The van der Waals surface area contributed by atoms with Gasteiger partial charge in [-0.1, -0.05) is 0 Å². The van der Waals surface area contributed by atoms with E-state index in [2.05, 4.69) is 31.8 Å². The Morgan fingerprint density at radius 2 is 2.04 bits per heavy atom. The fraction of sp³-hybridized carbons (Fsp3) is 0.765. The third kappa shape index (κ3) is 7.74. The van der Waals surface area contributed by atoms with E-state index in [4.69, 9.17) is 4.42 Å². The number of hydrogen-bond donors (Lipinski definition) is 2. The Labute approximate surface area is 173 Å². The molecule has 2 heterocycles. The van der Waals surface area contributed by atoms with Gasteiger partial charge in [-0.25, -0.2) is 4.98 Å². The number of thioether (sulfide) groups is 1. The number of halogens is 1. The molecule has 2 rings (SSSR count). The van der Waals surface area contributed by atoms with E-state index >= 15 is 0 Å². The number of aromatic nitrogens is 1. The molecular weight excluding hydrogens is 449 g/mol. The molecule has 1 saturated heterocycles. The summed E-state index contributed by atoms with van der Waals surface area (Å²) >= 11 is 1.84. The Bertz CT molecular complexity index is 510. The molecule has 2 N–H and O–H groups in total. The van der Waals surface area contributed by atoms with Crippen molar-refractivity contribution in [3.8, 4) is 0 Å². The number of hydrogen-bond acceptors (Lipinski definition) is 5. The number of nitrogens with one attached hydrogen (secondary N) is 2. The quantitative estimate of drug-likeness (QED) is 0.270. The molecule has 1 fully saturated rings. The van der Waals surface area contributed by atoms with Gasteiger partial charge in [0.05, 0.1) is 12.2 Å². The molecule has 8 heteroatoms. The van der Waals surface area contributed by atoms with Gasteiger partial charge in [0.1, 0.15) is 5.76 Å². The van der Waals surface area contributed by atoms with Gasteiger partial charge in [0.15, 0.2) is 5.96 Å². The molecule has 0 spiro atoms. The molecule has 0 atom stereocenters. The molecule has 25 heavy (non-hydrogen) atoms. The van der Waals surface area contributed by atoms with Gasteiger partial charge in [0.25, 0.3) is 0 Å². The van der Waals surface area contributed by atoms with Crippen LogP contribution in [0.5, 0.6) is 0 Å². The van der Waals surface area contributed by atoms with Gasteiger partial charge in [-0.15, -0.1) is 24.0 Å². The SMILES string of the molecule is CN=C(NCCSC)NCC1CCN(Cc2nc(C)c(C)o2)CC1.I. The van der Waals surface area contributed by atoms with Crippen molar-refractivity contribution in [2.45, 2.75) is 33.2 Å². The minimum Gasteiger partial charge on any atom is -0.444 e. The normalized spacial score (nSPS) is 16.6. The van der Waals surface area contributed by atoms with E-state index in [0.717, 1.165) is 61.8 Å². The van der Waals surface area contributed by atoms with Crippen molar-refractivity contribution < 1.29 is 4.42 Å². The smallest absolute Gasteiger partial charge is 0.208 e. The van der Waals surface area contributed by atoms with Gasteiger partial charge < -0.3 is 15.1 Å². The van der Waals surface area contributed by atoms with E-state index in [9.17, 15) is 0 Å². The lowest BCUT2D eigenvalue weighted by molar-refractivity contribution is 0.164. The molecule has 144 valence electrons. The molecule has 1 aliphatic rings. The van der Waals surface area contributed by atoms with Crippen LogP contribution in [0.2, 0.25) is 0 Å². The lowest BCUT2D eigenvalue weighted by atomic mass is 9.97. The van der Waals surface area contributed by atoms with Gasteiger partial charge >= 0.3 is 0 Å². The first-order valence-electron chi connectivity index (χ1n) is 8.71. The molecule has 0 radical (unpaired) electrons. The van der Waals surface area contributed by atoms with Crippen molar-refractivity contribution in [3.63, 3.8) is 0 Å². The van der Waals surface area contributed by atoms with E-state index in [1.807, 2.05) is 32.7 Å². The Balaban J connectivity index is 0.00000312. The largest absolute Gasteiger partial charge is 0.444 e. The van der Waals surface area contributed by atoms with Crippen LogP contribution in [0.3, 0.4) is 0 Å². The maximum Gasteiger partial charge on any atom is 0.208 e. The Morgan fingerprint density at radius 1 is 1.32 bits per heavy atom. The van der Waals surface area contributed by atoms with E-state index in [1.165, 1.54) is 12.8 Å². The number of aryl methyl sites for hydroxylation is 2. The summed E-state index contributed by atoms with van der Waals surface area (Å²) in [4.78, 5) is 11.2. The number of nitrogens with zero attached hydrogens (tertiary/aromatic N) is 3. The minimum absolute atomic E-state index is 0. The molecule has 0 saturated carbocycles. The summed E-state index contributed by atoms with van der Waals surface area (Å²) in [5.41, 5.74) is 1.00. The molecule has 6 nitrogen and oxygen atoms in total. The van der Waals surface area contributed by atoms with Crippen molar-refractivity contribution in [2.75, 3.05) is 45.2 Å². The molecule has 1 aromatic rings. The van der Waals surface area contributed by atoms with Gasteiger partial charge in [0, 0.05) is 25.9 Å². The Morgan fingerprint density at radius 3 is 2.60 bits per heavy atom. The Kier molecular flexibility index (Phi) is 10.8. The van der Waals surface area contributed by atoms with E-state index in [1.54, 1.807) is 0 Å². The predicted octanol–water partition coefficient (Wildman–Crippen LogP) is 2.65. The summed E-state index contributed by atoms with van der Waals surface area (Å²) < 4.78 is 5.69. The number of likely N-dealkylation sites (tertiary alicyclic amines) is 1. The fourth-order valence-electron chi connectivity index (χ4n) is 2.88. The van der Waals surface area contributed by atoms with Crippen LogP contribution in [0.4, 0.5) is 0 Å². The third-order valence-electron chi connectivity index (χ3n) is 4.52. The van der Waals surface area contributed by atoms with E-state index < -0.39 is 0 Å². The lowest BCUT2D eigenvalue weighted by Gasteiger charge is -2.31. The van der Waals surface area contributed by atoms with Crippen molar-refractivity contribution in [1.82, 2.24) is 20.5 Å². The maximum absolute atomic E-state index is 5.69. The second-order valence-electron chi connectivity index (χ2n) is 6.34. The highest BCUT2D eigenvalue weighted by atomic mass is 127. The summed E-state index contributed by atoms with van der Waals surface area (Å²) in [5, 5.41) is 6.80. The molecule has 0 aliphatic carbocycles. The van der Waals surface area contributed by atoms with Gasteiger partial charge in [0.2, 0.25) is 5.89 Å². The number of aliphatic imine (C=N–C) groups is 1. The molecule has 0 bridgehead atoms. The van der Waals surface area contributed by atoms with Crippen molar-refractivity contribution in [3.05, 3.63) is 17.3 Å². The average molecular weight is 481 g/mol. The molecule has 0 amide bonds. The second-order valence-corrected chi connectivity index (χ2v) is 7.33. The van der Waals surface area contributed by atoms with Crippen LogP contribution in [-0.2, 0) is 6.54 Å². The highest BCUT2D eigenvalue weighted by molar-refractivity contribution is 14.0. The number of rotatable bonds is 7. The van der Waals surface area contributed by atoms with E-state index in [-0.39, 0.29) is 24.0 Å². The highest BCUT2D eigenvalue weighted by Crippen LogP contribution is 2.19. The summed E-state index contributed by atoms with van der Waals surface area (Å²) in [6.07, 6.45) is 4.52. The number of oxazole rings is 1. The van der Waals surface area contributed by atoms with Crippen molar-refractivity contribution in [1.29, 1.82) is 0 Å². The van der Waals surface area contributed by atoms with Gasteiger partial charge in [-0.05, 0) is 52.0 Å². The summed E-state index contributed by atoms with van der Waals surface area (Å²) in [5.74, 6) is 4.49. The van der Waals surface area contributed by atoms with Crippen LogP contribution < -0.4 is 10.6 Å². The lowest BCUT2D eigenvalue weighted by Crippen LogP contribution is -2.43. The van der Waals surface area contributed by atoms with Gasteiger partial charge in [-0.3, -0.25) is 9.89 Å². The van der Waals surface area contributed by atoms with Crippen LogP contribution in [0.25, 0.3) is 0 Å². The van der Waals surface area contributed by atoms with Crippen molar-refractivity contribution in [2.24, 2.45) is 10.9 Å². The topological polar surface area (TPSA) is 65.7 Å².